The van der Waals surface area contributed by atoms with Crippen LogP contribution in [-0.4, -0.2) is 46.6 Å². The summed E-state index contributed by atoms with van der Waals surface area (Å²) >= 11 is 6.06. The monoisotopic (exact) mass is 334 g/mol. The molecule has 0 aromatic heterocycles. The van der Waals surface area contributed by atoms with Crippen LogP contribution in [0.4, 0.5) is 0 Å². The van der Waals surface area contributed by atoms with E-state index in [1.807, 2.05) is 6.07 Å². The van der Waals surface area contributed by atoms with Gasteiger partial charge in [0.1, 0.15) is 4.90 Å². The largest absolute Gasteiger partial charge is 0.383 e. The number of halogens is 1. The van der Waals surface area contributed by atoms with E-state index in [1.165, 1.54) is 18.5 Å². The molecule has 0 atom stereocenters. The molecule has 1 rings (SSSR count). The predicted octanol–water partition coefficient (Wildman–Crippen LogP) is 2.11. The van der Waals surface area contributed by atoms with Crippen molar-refractivity contribution < 1.29 is 13.2 Å². The quantitative estimate of drug-likeness (QED) is 0.703. The topological polar surface area (TPSA) is 58.6 Å². The molecule has 0 fully saturated rings. The number of likely N-dealkylation sites (N-methyl/N-ethyl adjacent to an activating group) is 1. The summed E-state index contributed by atoms with van der Waals surface area (Å²) in [6.07, 6.45) is 1.03. The van der Waals surface area contributed by atoms with Crippen molar-refractivity contribution in [2.75, 3.05) is 33.9 Å². The predicted molar refractivity (Wildman–Crippen MR) is 85.1 cm³/mol. The maximum Gasteiger partial charge on any atom is 0.244 e. The molecule has 0 spiro atoms. The first kappa shape index (κ1) is 18.4. The molecular formula is C14H23ClN2O3S. The molecule has 120 valence electrons. The summed E-state index contributed by atoms with van der Waals surface area (Å²) in [5.74, 6) is 0. The highest BCUT2D eigenvalue weighted by Gasteiger charge is 2.23. The van der Waals surface area contributed by atoms with Crippen molar-refractivity contribution in [2.45, 2.75) is 24.8 Å². The molecule has 1 aromatic carbocycles. The minimum Gasteiger partial charge on any atom is -0.383 e. The van der Waals surface area contributed by atoms with Crippen LogP contribution in [-0.2, 0) is 21.3 Å². The van der Waals surface area contributed by atoms with Gasteiger partial charge in [0.05, 0.1) is 11.6 Å². The zero-order chi connectivity index (χ0) is 15.9. The molecule has 7 heteroatoms. The fourth-order valence-corrected chi connectivity index (χ4v) is 3.45. The maximum absolute atomic E-state index is 12.5. The number of methoxy groups -OCH3 is 1. The number of hydrogen-bond acceptors (Lipinski definition) is 4. The summed E-state index contributed by atoms with van der Waals surface area (Å²) < 4.78 is 31.2. The lowest BCUT2D eigenvalue weighted by Crippen LogP contribution is -2.30. The third-order valence-corrected chi connectivity index (χ3v) is 5.39. The summed E-state index contributed by atoms with van der Waals surface area (Å²) in [7, 11) is -0.546. The van der Waals surface area contributed by atoms with Gasteiger partial charge >= 0.3 is 0 Å². The third kappa shape index (κ3) is 5.23. The van der Waals surface area contributed by atoms with Crippen LogP contribution < -0.4 is 5.32 Å². The van der Waals surface area contributed by atoms with Gasteiger partial charge < -0.3 is 10.1 Å². The Hall–Kier alpha value is -0.660. The van der Waals surface area contributed by atoms with Gasteiger partial charge in [0.15, 0.2) is 0 Å². The van der Waals surface area contributed by atoms with E-state index in [4.69, 9.17) is 16.3 Å². The second kappa shape index (κ2) is 8.70. The first-order valence-electron chi connectivity index (χ1n) is 6.88. The molecule has 1 N–H and O–H groups in total. The minimum atomic E-state index is -3.60. The molecule has 0 saturated carbocycles. The van der Waals surface area contributed by atoms with E-state index < -0.39 is 10.0 Å². The van der Waals surface area contributed by atoms with Gasteiger partial charge in [0.2, 0.25) is 10.0 Å². The van der Waals surface area contributed by atoms with Gasteiger partial charge in [0.25, 0.3) is 0 Å². The summed E-state index contributed by atoms with van der Waals surface area (Å²) in [5, 5.41) is 3.48. The minimum absolute atomic E-state index is 0.138. The number of sulfonamides is 1. The van der Waals surface area contributed by atoms with Crippen molar-refractivity contribution in [2.24, 2.45) is 0 Å². The van der Waals surface area contributed by atoms with Crippen LogP contribution >= 0.6 is 11.6 Å². The number of benzene rings is 1. The van der Waals surface area contributed by atoms with Crippen LogP contribution in [0.2, 0.25) is 5.02 Å². The Morgan fingerprint density at radius 2 is 2.10 bits per heavy atom. The Morgan fingerprint density at radius 1 is 1.38 bits per heavy atom. The smallest absolute Gasteiger partial charge is 0.244 e. The number of nitrogens with zero attached hydrogens (tertiary/aromatic N) is 1. The summed E-state index contributed by atoms with van der Waals surface area (Å²) in [6, 6.07) is 5.09. The Morgan fingerprint density at radius 3 is 2.71 bits per heavy atom. The lowest BCUT2D eigenvalue weighted by atomic mass is 10.2. The molecule has 0 bridgehead atoms. The highest BCUT2D eigenvalue weighted by Crippen LogP contribution is 2.25. The average molecular weight is 335 g/mol. The first-order chi connectivity index (χ1) is 9.93. The standard InChI is InChI=1S/C14H23ClN2O3S/c1-4-7-16-11-12-5-6-13(15)14(10-12)21(18,19)17(2)8-9-20-3/h5-6,10,16H,4,7-9,11H2,1-3H3. The Labute approximate surface area is 132 Å². The Bertz CT molecular complexity index is 549. The third-order valence-electron chi connectivity index (χ3n) is 3.05. The van der Waals surface area contributed by atoms with Gasteiger partial charge in [-0.25, -0.2) is 8.42 Å². The molecule has 21 heavy (non-hydrogen) atoms. The number of hydrogen-bond donors (Lipinski definition) is 1. The number of ether oxygens (including phenoxy) is 1. The van der Waals surface area contributed by atoms with E-state index >= 15 is 0 Å². The van der Waals surface area contributed by atoms with E-state index in [1.54, 1.807) is 12.1 Å². The van der Waals surface area contributed by atoms with Crippen molar-refractivity contribution in [3.05, 3.63) is 28.8 Å². The highest BCUT2D eigenvalue weighted by atomic mass is 35.5. The molecule has 5 nitrogen and oxygen atoms in total. The summed E-state index contributed by atoms with van der Waals surface area (Å²) in [6.45, 7) is 4.21. The Kier molecular flexibility index (Phi) is 7.62. The molecule has 1 aromatic rings. The lowest BCUT2D eigenvalue weighted by molar-refractivity contribution is 0.185. The average Bonchev–Trinajstić information content (AvgIpc) is 2.46. The van der Waals surface area contributed by atoms with Crippen molar-refractivity contribution in [1.29, 1.82) is 0 Å². The lowest BCUT2D eigenvalue weighted by Gasteiger charge is -2.18. The molecule has 0 saturated heterocycles. The normalized spacial score (nSPS) is 12.0. The summed E-state index contributed by atoms with van der Waals surface area (Å²) in [5.41, 5.74) is 0.895. The first-order valence-corrected chi connectivity index (χ1v) is 8.69. The van der Waals surface area contributed by atoms with Crippen molar-refractivity contribution in [3.8, 4) is 0 Å². The molecule has 0 aliphatic carbocycles. The van der Waals surface area contributed by atoms with Crippen LogP contribution in [0.25, 0.3) is 0 Å². The van der Waals surface area contributed by atoms with E-state index in [0.29, 0.717) is 13.2 Å². The fourth-order valence-electron chi connectivity index (χ4n) is 1.77. The Balaban J connectivity index is 2.96. The van der Waals surface area contributed by atoms with Crippen molar-refractivity contribution >= 4 is 21.6 Å². The van der Waals surface area contributed by atoms with Gasteiger partial charge in [-0.15, -0.1) is 0 Å². The van der Waals surface area contributed by atoms with Gasteiger partial charge in [-0.1, -0.05) is 24.6 Å². The molecule has 0 aliphatic heterocycles. The molecular weight excluding hydrogens is 312 g/mol. The van der Waals surface area contributed by atoms with Crippen LogP contribution in [0.5, 0.6) is 0 Å². The van der Waals surface area contributed by atoms with Gasteiger partial charge in [-0.2, -0.15) is 4.31 Å². The molecule has 0 aliphatic rings. The van der Waals surface area contributed by atoms with Crippen LogP contribution in [0.3, 0.4) is 0 Å². The van der Waals surface area contributed by atoms with Crippen LogP contribution in [0.1, 0.15) is 18.9 Å². The maximum atomic E-state index is 12.5. The zero-order valence-electron chi connectivity index (χ0n) is 12.7. The van der Waals surface area contributed by atoms with Gasteiger partial charge in [-0.3, -0.25) is 0 Å². The fraction of sp³-hybridized carbons (Fsp3) is 0.571. The number of rotatable bonds is 9. The second-order valence-electron chi connectivity index (χ2n) is 4.76. The molecule has 0 radical (unpaired) electrons. The van der Waals surface area contributed by atoms with E-state index in [-0.39, 0.29) is 16.5 Å². The van der Waals surface area contributed by atoms with Crippen LogP contribution in [0.15, 0.2) is 23.1 Å². The zero-order valence-corrected chi connectivity index (χ0v) is 14.3. The molecule has 0 heterocycles. The summed E-state index contributed by atoms with van der Waals surface area (Å²) in [4.78, 5) is 0.138. The second-order valence-corrected chi connectivity index (χ2v) is 7.18. The van der Waals surface area contributed by atoms with E-state index in [0.717, 1.165) is 18.5 Å². The van der Waals surface area contributed by atoms with Crippen molar-refractivity contribution in [1.82, 2.24) is 9.62 Å². The van der Waals surface area contributed by atoms with E-state index in [2.05, 4.69) is 12.2 Å². The van der Waals surface area contributed by atoms with Crippen LogP contribution in [0, 0.1) is 0 Å². The highest BCUT2D eigenvalue weighted by molar-refractivity contribution is 7.89. The molecule has 0 amide bonds. The van der Waals surface area contributed by atoms with Crippen molar-refractivity contribution in [3.63, 3.8) is 0 Å². The number of nitrogens with one attached hydrogen (secondary N) is 1. The SMILES string of the molecule is CCCNCc1ccc(Cl)c(S(=O)(=O)N(C)CCOC)c1. The van der Waals surface area contributed by atoms with Gasteiger partial charge in [-0.05, 0) is 30.7 Å². The molecule has 0 unspecified atom stereocenters. The van der Waals surface area contributed by atoms with E-state index in [9.17, 15) is 8.42 Å². The van der Waals surface area contributed by atoms with Gasteiger partial charge in [0, 0.05) is 27.2 Å².